The topological polar surface area (TPSA) is 112 Å². The summed E-state index contributed by atoms with van der Waals surface area (Å²) in [5.74, 6) is -0.494. The Morgan fingerprint density at radius 2 is 1.68 bits per heavy atom. The second-order valence-corrected chi connectivity index (χ2v) is 7.10. The lowest BCUT2D eigenvalue weighted by Crippen LogP contribution is -2.13. The highest BCUT2D eigenvalue weighted by Gasteiger charge is 2.10. The van der Waals surface area contributed by atoms with E-state index in [1.165, 1.54) is 12.1 Å². The van der Waals surface area contributed by atoms with Crippen LogP contribution in [0.3, 0.4) is 0 Å². The van der Waals surface area contributed by atoms with Crippen molar-refractivity contribution < 1.29 is 9.18 Å². The van der Waals surface area contributed by atoms with Crippen LogP contribution >= 0.6 is 0 Å². The Hall–Kier alpha value is -4.20. The maximum absolute atomic E-state index is 13.2. The molecule has 0 aliphatic rings. The van der Waals surface area contributed by atoms with Gasteiger partial charge in [-0.2, -0.15) is 0 Å². The Morgan fingerprint density at radius 1 is 0.968 bits per heavy atom. The van der Waals surface area contributed by atoms with E-state index < -0.39 is 0 Å². The second kappa shape index (κ2) is 8.66. The van der Waals surface area contributed by atoms with Crippen LogP contribution in [-0.2, 0) is 11.2 Å². The normalized spacial score (nSPS) is 10.7. The highest BCUT2D eigenvalue weighted by Crippen LogP contribution is 2.27. The van der Waals surface area contributed by atoms with Gasteiger partial charge in [0.1, 0.15) is 5.82 Å². The molecule has 1 amide bonds. The Balaban J connectivity index is 1.39. The molecule has 4 aromatic rings. The largest absolute Gasteiger partial charge is 0.399 e. The van der Waals surface area contributed by atoms with Crippen molar-refractivity contribution in [3.05, 3.63) is 84.4 Å². The summed E-state index contributed by atoms with van der Waals surface area (Å²) in [5.41, 5.74) is 16.5. The number of benzene rings is 3. The average Bonchev–Trinajstić information content (AvgIpc) is 3.24. The average molecular weight is 416 g/mol. The predicted octanol–water partition coefficient (Wildman–Crippen LogP) is 3.81. The van der Waals surface area contributed by atoms with Crippen molar-refractivity contribution in [1.29, 1.82) is 0 Å². The molecule has 0 radical (unpaired) electrons. The zero-order valence-corrected chi connectivity index (χ0v) is 16.6. The minimum absolute atomic E-state index is 0.190. The van der Waals surface area contributed by atoms with Crippen molar-refractivity contribution in [2.45, 2.75) is 12.8 Å². The number of anilines is 3. The van der Waals surface area contributed by atoms with E-state index in [0.717, 1.165) is 16.8 Å². The lowest BCUT2D eigenvalue weighted by molar-refractivity contribution is -0.116. The predicted molar refractivity (Wildman–Crippen MR) is 119 cm³/mol. The summed E-state index contributed by atoms with van der Waals surface area (Å²) in [6, 6.07) is 18.7. The lowest BCUT2D eigenvalue weighted by Gasteiger charge is -2.10. The van der Waals surface area contributed by atoms with Crippen LogP contribution in [0.5, 0.6) is 0 Å². The highest BCUT2D eigenvalue weighted by atomic mass is 19.1. The van der Waals surface area contributed by atoms with Gasteiger partial charge in [0.25, 0.3) is 0 Å². The van der Waals surface area contributed by atoms with E-state index in [9.17, 15) is 9.18 Å². The highest BCUT2D eigenvalue weighted by molar-refractivity contribution is 5.95. The Morgan fingerprint density at radius 3 is 2.42 bits per heavy atom. The molecule has 0 fully saturated rings. The number of aryl methyl sites for hydroxylation is 1. The fourth-order valence-corrected chi connectivity index (χ4v) is 3.11. The first-order valence-corrected chi connectivity index (χ1v) is 9.70. The molecule has 1 heterocycles. The Bertz CT molecular complexity index is 1200. The van der Waals surface area contributed by atoms with Gasteiger partial charge in [0.2, 0.25) is 5.91 Å². The third kappa shape index (κ3) is 4.87. The van der Waals surface area contributed by atoms with Gasteiger partial charge in [-0.05, 0) is 59.7 Å². The number of nitrogens with one attached hydrogen (secondary N) is 1. The van der Waals surface area contributed by atoms with E-state index in [0.29, 0.717) is 29.2 Å². The zero-order chi connectivity index (χ0) is 21.8. The minimum atomic E-state index is -0.305. The number of carbonyl (C=O) groups excluding carboxylic acids is 1. The molecule has 156 valence electrons. The molecule has 0 spiro atoms. The third-order valence-electron chi connectivity index (χ3n) is 4.81. The van der Waals surface area contributed by atoms with Crippen LogP contribution in [0.15, 0.2) is 72.9 Å². The van der Waals surface area contributed by atoms with Crippen LogP contribution in [0.1, 0.15) is 12.1 Å². The molecule has 5 N–H and O–H groups in total. The van der Waals surface area contributed by atoms with E-state index in [1.54, 1.807) is 47.3 Å². The molecule has 4 rings (SSSR count). The summed E-state index contributed by atoms with van der Waals surface area (Å²) in [5, 5.41) is 11.0. The fraction of sp³-hybridized carbons (Fsp3) is 0.0870. The molecular formula is C23H21FN6O. The molecule has 8 heteroatoms. The van der Waals surface area contributed by atoms with Crippen LogP contribution in [-0.4, -0.2) is 20.9 Å². The monoisotopic (exact) mass is 416 g/mol. The summed E-state index contributed by atoms with van der Waals surface area (Å²) in [7, 11) is 0. The van der Waals surface area contributed by atoms with Crippen molar-refractivity contribution in [2.24, 2.45) is 0 Å². The van der Waals surface area contributed by atoms with E-state index in [-0.39, 0.29) is 18.1 Å². The molecule has 0 saturated heterocycles. The van der Waals surface area contributed by atoms with Crippen LogP contribution in [0.2, 0.25) is 0 Å². The number of carbonyl (C=O) groups is 1. The van der Waals surface area contributed by atoms with Gasteiger partial charge in [0, 0.05) is 18.5 Å². The van der Waals surface area contributed by atoms with Gasteiger partial charge < -0.3 is 16.8 Å². The number of nitrogen functional groups attached to an aromatic ring is 2. The van der Waals surface area contributed by atoms with Gasteiger partial charge in [-0.3, -0.25) is 4.79 Å². The molecular weight excluding hydrogens is 395 g/mol. The molecule has 1 aromatic heterocycles. The molecule has 3 aromatic carbocycles. The van der Waals surface area contributed by atoms with Crippen molar-refractivity contribution in [2.75, 3.05) is 16.8 Å². The summed E-state index contributed by atoms with van der Waals surface area (Å²) < 4.78 is 14.8. The maximum Gasteiger partial charge on any atom is 0.224 e. The quantitative estimate of drug-likeness (QED) is 0.414. The van der Waals surface area contributed by atoms with Gasteiger partial charge in [-0.25, -0.2) is 9.07 Å². The van der Waals surface area contributed by atoms with Crippen LogP contribution in [0.25, 0.3) is 16.8 Å². The summed E-state index contributed by atoms with van der Waals surface area (Å²) >= 11 is 0. The molecule has 0 aliphatic heterocycles. The van der Waals surface area contributed by atoms with Crippen molar-refractivity contribution in [1.82, 2.24) is 15.0 Å². The molecule has 0 unspecified atom stereocenters. The standard InChI is InChI=1S/C23H21FN6O/c24-17-4-1-15(2-5-17)16-3-11-21(26)22(13-16)27-23(31)12-8-19-14-30(29-28-19)20-9-6-18(25)7-10-20/h1-7,9-11,13-14H,8,12,25-26H2,(H,27,31). The number of nitrogens with zero attached hydrogens (tertiary/aromatic N) is 3. The molecule has 0 aliphatic carbocycles. The SMILES string of the molecule is Nc1ccc(-n2cc(CCC(=O)Nc3cc(-c4ccc(F)cc4)ccc3N)nn2)cc1. The summed E-state index contributed by atoms with van der Waals surface area (Å²) in [6.45, 7) is 0. The number of hydrogen-bond acceptors (Lipinski definition) is 5. The zero-order valence-electron chi connectivity index (χ0n) is 16.6. The van der Waals surface area contributed by atoms with Gasteiger partial charge in [-0.15, -0.1) is 5.10 Å². The third-order valence-corrected chi connectivity index (χ3v) is 4.81. The van der Waals surface area contributed by atoms with E-state index in [4.69, 9.17) is 11.5 Å². The fourth-order valence-electron chi connectivity index (χ4n) is 3.11. The summed E-state index contributed by atoms with van der Waals surface area (Å²) in [4.78, 5) is 12.5. The second-order valence-electron chi connectivity index (χ2n) is 7.10. The van der Waals surface area contributed by atoms with Crippen molar-refractivity contribution in [3.8, 4) is 16.8 Å². The molecule has 31 heavy (non-hydrogen) atoms. The first-order valence-electron chi connectivity index (χ1n) is 9.70. The molecule has 0 bridgehead atoms. The minimum Gasteiger partial charge on any atom is -0.399 e. The van der Waals surface area contributed by atoms with E-state index in [1.807, 2.05) is 18.2 Å². The van der Waals surface area contributed by atoms with Gasteiger partial charge in [0.15, 0.2) is 0 Å². The van der Waals surface area contributed by atoms with Gasteiger partial charge in [-0.1, -0.05) is 23.4 Å². The maximum atomic E-state index is 13.2. The van der Waals surface area contributed by atoms with Crippen molar-refractivity contribution in [3.63, 3.8) is 0 Å². The molecule has 0 saturated carbocycles. The molecule has 7 nitrogen and oxygen atoms in total. The number of hydrogen-bond donors (Lipinski definition) is 3. The Kier molecular flexibility index (Phi) is 5.61. The first kappa shape index (κ1) is 20.1. The van der Waals surface area contributed by atoms with E-state index >= 15 is 0 Å². The lowest BCUT2D eigenvalue weighted by atomic mass is 10.0. The first-order chi connectivity index (χ1) is 15.0. The number of rotatable bonds is 6. The van der Waals surface area contributed by atoms with Crippen molar-refractivity contribution >= 4 is 23.0 Å². The van der Waals surface area contributed by atoms with Crippen LogP contribution < -0.4 is 16.8 Å². The number of aromatic nitrogens is 3. The Labute approximate surface area is 178 Å². The van der Waals surface area contributed by atoms with Gasteiger partial charge >= 0.3 is 0 Å². The van der Waals surface area contributed by atoms with Crippen LogP contribution in [0.4, 0.5) is 21.5 Å². The number of nitrogens with two attached hydrogens (primary N) is 2. The molecule has 0 atom stereocenters. The van der Waals surface area contributed by atoms with E-state index in [2.05, 4.69) is 15.6 Å². The smallest absolute Gasteiger partial charge is 0.224 e. The van der Waals surface area contributed by atoms with Crippen LogP contribution in [0, 0.1) is 5.82 Å². The van der Waals surface area contributed by atoms with Gasteiger partial charge in [0.05, 0.1) is 29.0 Å². The number of amides is 1. The number of halogens is 1. The summed E-state index contributed by atoms with van der Waals surface area (Å²) in [6.07, 6.45) is 2.43.